The van der Waals surface area contributed by atoms with Crippen molar-refractivity contribution in [3.63, 3.8) is 0 Å². The SMILES string of the molecule is CN=C1C=N[N+]([C@@H]2O[C@H](CO)[C@@H](O)[C@H]2O)([C@@H]2O[C@H](CO)[C@@H](OC(C)=O)[C@@H]2O)C(=O)N1. The Labute approximate surface area is 170 Å². The summed E-state index contributed by atoms with van der Waals surface area (Å²) in [6, 6.07) is -0.933. The van der Waals surface area contributed by atoms with Gasteiger partial charge < -0.3 is 39.7 Å². The van der Waals surface area contributed by atoms with Crippen LogP contribution in [0.5, 0.6) is 0 Å². The Bertz CT molecular complexity index is 748. The summed E-state index contributed by atoms with van der Waals surface area (Å²) in [6.45, 7) is -0.222. The monoisotopic (exact) mass is 433 g/mol. The zero-order valence-electron chi connectivity index (χ0n) is 16.2. The Kier molecular flexibility index (Phi) is 6.49. The minimum Gasteiger partial charge on any atom is -0.457 e. The summed E-state index contributed by atoms with van der Waals surface area (Å²) in [7, 11) is 1.40. The number of esters is 1. The van der Waals surface area contributed by atoms with E-state index in [4.69, 9.17) is 14.2 Å². The van der Waals surface area contributed by atoms with Gasteiger partial charge in [-0.3, -0.25) is 15.1 Å². The molecular formula is C16H25N4O10+. The van der Waals surface area contributed by atoms with Gasteiger partial charge in [-0.1, -0.05) is 9.69 Å². The Morgan fingerprint density at radius 1 is 1.17 bits per heavy atom. The molecule has 0 bridgehead atoms. The van der Waals surface area contributed by atoms with Gasteiger partial charge in [-0.15, -0.1) is 0 Å². The molecule has 30 heavy (non-hydrogen) atoms. The number of hydrogen-bond acceptors (Lipinski definition) is 12. The summed E-state index contributed by atoms with van der Waals surface area (Å²) < 4.78 is 14.9. The van der Waals surface area contributed by atoms with Gasteiger partial charge in [0.2, 0.25) is 0 Å². The van der Waals surface area contributed by atoms with Crippen LogP contribution < -0.4 is 5.32 Å². The first kappa shape index (κ1) is 22.6. The van der Waals surface area contributed by atoms with Gasteiger partial charge in [-0.25, -0.2) is 4.79 Å². The van der Waals surface area contributed by atoms with Gasteiger partial charge in [0.1, 0.15) is 24.5 Å². The van der Waals surface area contributed by atoms with Crippen molar-refractivity contribution >= 4 is 24.1 Å². The third kappa shape index (κ3) is 3.50. The van der Waals surface area contributed by atoms with E-state index in [1.165, 1.54) is 7.05 Å². The summed E-state index contributed by atoms with van der Waals surface area (Å²) in [5.41, 5.74) is 0. The maximum atomic E-state index is 13.1. The average molecular weight is 433 g/mol. The molecule has 3 heterocycles. The Hall–Kier alpha value is -2.04. The van der Waals surface area contributed by atoms with Crippen LogP contribution in [0.25, 0.3) is 0 Å². The summed E-state index contributed by atoms with van der Waals surface area (Å²) >= 11 is 0. The highest BCUT2D eigenvalue weighted by molar-refractivity contribution is 6.33. The number of amides is 2. The zero-order chi connectivity index (χ0) is 22.2. The van der Waals surface area contributed by atoms with E-state index in [2.05, 4.69) is 15.4 Å². The first-order chi connectivity index (χ1) is 14.2. The molecule has 2 amide bonds. The normalized spacial score (nSPS) is 45.0. The molecule has 14 nitrogen and oxygen atoms in total. The van der Waals surface area contributed by atoms with Crippen LogP contribution in [0.1, 0.15) is 6.92 Å². The van der Waals surface area contributed by atoms with Gasteiger partial charge >= 0.3 is 12.0 Å². The van der Waals surface area contributed by atoms with E-state index in [0.717, 1.165) is 13.1 Å². The minimum atomic E-state index is -1.71. The molecule has 14 heteroatoms. The molecule has 2 saturated heterocycles. The second-order valence-corrected chi connectivity index (χ2v) is 7.06. The fourth-order valence-corrected chi connectivity index (χ4v) is 3.79. The molecule has 1 unspecified atom stereocenters. The van der Waals surface area contributed by atoms with Crippen LogP contribution in [0.4, 0.5) is 4.79 Å². The number of urea groups is 1. The van der Waals surface area contributed by atoms with E-state index in [-0.39, 0.29) is 5.84 Å². The fourth-order valence-electron chi connectivity index (χ4n) is 3.79. The van der Waals surface area contributed by atoms with E-state index < -0.39 is 78.9 Å². The molecule has 3 rings (SSSR count). The average Bonchev–Trinajstić information content (AvgIpc) is 3.19. The molecule has 3 aliphatic heterocycles. The van der Waals surface area contributed by atoms with E-state index in [9.17, 15) is 35.1 Å². The number of aliphatic imine (C=N–C) groups is 1. The fraction of sp³-hybridized carbons (Fsp3) is 0.750. The van der Waals surface area contributed by atoms with Crippen LogP contribution in [0.2, 0.25) is 0 Å². The van der Waals surface area contributed by atoms with Crippen LogP contribution in [-0.2, 0) is 19.0 Å². The second-order valence-electron chi connectivity index (χ2n) is 7.06. The molecule has 0 aliphatic carbocycles. The number of nitrogens with one attached hydrogen (secondary N) is 1. The molecule has 0 aromatic rings. The van der Waals surface area contributed by atoms with Gasteiger partial charge in [0.15, 0.2) is 24.1 Å². The maximum Gasteiger partial charge on any atom is 0.453 e. The number of nitrogens with zero attached hydrogens (tertiary/aromatic N) is 3. The number of carbonyl (C=O) groups is 2. The molecule has 6 N–H and O–H groups in total. The molecule has 2 fully saturated rings. The van der Waals surface area contributed by atoms with Crippen molar-refractivity contribution in [3.8, 4) is 0 Å². The number of amidine groups is 1. The predicted molar refractivity (Wildman–Crippen MR) is 95.7 cm³/mol. The first-order valence-corrected chi connectivity index (χ1v) is 9.17. The van der Waals surface area contributed by atoms with Crippen molar-refractivity contribution in [1.82, 2.24) is 5.32 Å². The molecule has 0 aromatic heterocycles. The number of aliphatic hydroxyl groups is 5. The van der Waals surface area contributed by atoms with Gasteiger partial charge in [-0.2, -0.15) is 0 Å². The van der Waals surface area contributed by atoms with Crippen LogP contribution in [0.3, 0.4) is 0 Å². The molecule has 0 aromatic carbocycles. The summed E-state index contributed by atoms with van der Waals surface area (Å²) in [5, 5.41) is 57.1. The summed E-state index contributed by atoms with van der Waals surface area (Å²) in [5.74, 6) is -0.684. The second kappa shape index (κ2) is 8.60. The molecule has 0 spiro atoms. The standard InChI is InChI=1S/C16H24N4O10/c1-6(23)28-13-8(5-22)30-15(12(13)26)20(16(27)19-9(17-2)3-18-20)14-11(25)10(24)7(4-21)29-14/h3,7-8,10-15,21-22,24-26H,4-5H2,1-2H3/p+1/t7-,8-,10-,11-,12+,13-,14-,15-,20?/m1/s1. The lowest BCUT2D eigenvalue weighted by Gasteiger charge is -2.40. The smallest absolute Gasteiger partial charge is 0.453 e. The van der Waals surface area contributed by atoms with E-state index in [0.29, 0.717) is 0 Å². The lowest BCUT2D eigenvalue weighted by molar-refractivity contribution is -0.952. The van der Waals surface area contributed by atoms with Crippen molar-refractivity contribution < 1.29 is 53.9 Å². The van der Waals surface area contributed by atoms with Crippen LogP contribution in [0.15, 0.2) is 10.1 Å². The Morgan fingerprint density at radius 2 is 1.77 bits per heavy atom. The van der Waals surface area contributed by atoms with Crippen molar-refractivity contribution in [2.75, 3.05) is 20.3 Å². The van der Waals surface area contributed by atoms with Crippen LogP contribution >= 0.6 is 0 Å². The molecule has 3 aliphatic rings. The van der Waals surface area contributed by atoms with E-state index >= 15 is 0 Å². The lowest BCUT2D eigenvalue weighted by atomic mass is 10.1. The highest BCUT2D eigenvalue weighted by atomic mass is 16.6. The summed E-state index contributed by atoms with van der Waals surface area (Å²) in [4.78, 5) is 28.4. The third-order valence-corrected chi connectivity index (χ3v) is 5.26. The van der Waals surface area contributed by atoms with E-state index in [1.54, 1.807) is 0 Å². The van der Waals surface area contributed by atoms with Gasteiger partial charge in [0.05, 0.1) is 13.2 Å². The maximum absolute atomic E-state index is 13.1. The Balaban J connectivity index is 2.08. The highest BCUT2D eigenvalue weighted by Crippen LogP contribution is 2.39. The molecule has 9 atom stereocenters. The molecule has 0 radical (unpaired) electrons. The number of rotatable bonds is 5. The van der Waals surface area contributed by atoms with Crippen LogP contribution in [-0.4, -0.2) is 124 Å². The number of quaternary nitrogens is 1. The zero-order valence-corrected chi connectivity index (χ0v) is 16.2. The van der Waals surface area contributed by atoms with Crippen molar-refractivity contribution in [3.05, 3.63) is 0 Å². The van der Waals surface area contributed by atoms with Crippen molar-refractivity contribution in [2.24, 2.45) is 10.1 Å². The number of aliphatic hydroxyl groups excluding tert-OH is 5. The topological polar surface area (TPSA) is 200 Å². The quantitative estimate of drug-likeness (QED) is 0.183. The Morgan fingerprint density at radius 3 is 2.27 bits per heavy atom. The predicted octanol–water partition coefficient (Wildman–Crippen LogP) is -4.01. The minimum absolute atomic E-state index is 0.0724. The van der Waals surface area contributed by atoms with Crippen molar-refractivity contribution in [1.29, 1.82) is 0 Å². The van der Waals surface area contributed by atoms with Gasteiger partial charge in [0.25, 0.3) is 12.5 Å². The number of hydrogen-bond donors (Lipinski definition) is 6. The van der Waals surface area contributed by atoms with Crippen molar-refractivity contribution in [2.45, 2.75) is 56.0 Å². The number of ether oxygens (including phenoxy) is 3. The molecule has 168 valence electrons. The first-order valence-electron chi connectivity index (χ1n) is 9.17. The number of carbonyl (C=O) groups excluding carboxylic acids is 2. The highest BCUT2D eigenvalue weighted by Gasteiger charge is 2.69. The van der Waals surface area contributed by atoms with Crippen LogP contribution in [0, 0.1) is 0 Å². The summed E-state index contributed by atoms with van der Waals surface area (Å²) in [6.07, 6.45) is -10.8. The van der Waals surface area contributed by atoms with Gasteiger partial charge in [0, 0.05) is 14.0 Å². The van der Waals surface area contributed by atoms with Gasteiger partial charge in [-0.05, 0) is 0 Å². The third-order valence-electron chi connectivity index (χ3n) is 5.26. The largest absolute Gasteiger partial charge is 0.457 e. The molecular weight excluding hydrogens is 408 g/mol. The van der Waals surface area contributed by atoms with E-state index in [1.807, 2.05) is 0 Å². The lowest BCUT2D eigenvalue weighted by Crippen LogP contribution is -2.72. The molecule has 0 saturated carbocycles.